The minimum atomic E-state index is 0.493. The van der Waals surface area contributed by atoms with Crippen LogP contribution in [-0.4, -0.2) is 7.11 Å². The largest absolute Gasteiger partial charge is 0.496 e. The minimum absolute atomic E-state index is 0.493. The van der Waals surface area contributed by atoms with E-state index < -0.39 is 0 Å². The third-order valence-corrected chi connectivity index (χ3v) is 3.25. The maximum Gasteiger partial charge on any atom is 0.122 e. The molecule has 0 aliphatic carbocycles. The van der Waals surface area contributed by atoms with Crippen molar-refractivity contribution in [3.63, 3.8) is 0 Å². The summed E-state index contributed by atoms with van der Waals surface area (Å²) in [7, 11) is 1.68. The van der Waals surface area contributed by atoms with Crippen molar-refractivity contribution in [3.05, 3.63) is 53.6 Å². The molecule has 0 aliphatic rings. The van der Waals surface area contributed by atoms with Gasteiger partial charge in [-0.25, -0.2) is 0 Å². The highest BCUT2D eigenvalue weighted by Gasteiger charge is 2.10. The Morgan fingerprint density at radius 2 is 1.76 bits per heavy atom. The number of methoxy groups -OCH3 is 1. The van der Waals surface area contributed by atoms with E-state index >= 15 is 0 Å². The molecule has 0 heterocycles. The van der Waals surface area contributed by atoms with E-state index in [2.05, 4.69) is 18.2 Å². The van der Waals surface area contributed by atoms with Gasteiger partial charge in [0.2, 0.25) is 0 Å². The van der Waals surface area contributed by atoms with Gasteiger partial charge in [0, 0.05) is 5.88 Å². The smallest absolute Gasteiger partial charge is 0.122 e. The van der Waals surface area contributed by atoms with Gasteiger partial charge in [-0.2, -0.15) is 0 Å². The topological polar surface area (TPSA) is 9.23 Å². The van der Waals surface area contributed by atoms with Gasteiger partial charge >= 0.3 is 0 Å². The fourth-order valence-electron chi connectivity index (χ4n) is 2.02. The Bertz CT molecular complexity index is 506. The van der Waals surface area contributed by atoms with Crippen LogP contribution in [-0.2, 0) is 5.88 Å². The summed E-state index contributed by atoms with van der Waals surface area (Å²) >= 11 is 6.06. The molecule has 0 aliphatic heterocycles. The molecule has 2 aromatic carbocycles. The molecule has 0 atom stereocenters. The van der Waals surface area contributed by atoms with Crippen molar-refractivity contribution in [2.75, 3.05) is 7.11 Å². The number of rotatable bonds is 3. The van der Waals surface area contributed by atoms with Gasteiger partial charge < -0.3 is 4.74 Å². The SMILES string of the molecule is COc1ccc(-c2ccccc2)c(CCl)c1C. The summed E-state index contributed by atoms with van der Waals surface area (Å²) in [5, 5.41) is 0. The van der Waals surface area contributed by atoms with Gasteiger partial charge in [0.25, 0.3) is 0 Å². The van der Waals surface area contributed by atoms with Crippen LogP contribution in [0.15, 0.2) is 42.5 Å². The first-order valence-corrected chi connectivity index (χ1v) is 6.09. The van der Waals surface area contributed by atoms with Crippen molar-refractivity contribution in [3.8, 4) is 16.9 Å². The molecule has 1 nitrogen and oxygen atoms in total. The van der Waals surface area contributed by atoms with Crippen molar-refractivity contribution in [2.24, 2.45) is 0 Å². The number of alkyl halides is 1. The van der Waals surface area contributed by atoms with Gasteiger partial charge in [-0.1, -0.05) is 36.4 Å². The number of ether oxygens (including phenoxy) is 1. The van der Waals surface area contributed by atoms with E-state index in [1.165, 1.54) is 11.1 Å². The zero-order valence-corrected chi connectivity index (χ0v) is 10.8. The average Bonchev–Trinajstić information content (AvgIpc) is 2.39. The zero-order chi connectivity index (χ0) is 12.3. The van der Waals surface area contributed by atoms with Crippen LogP contribution in [0.3, 0.4) is 0 Å². The van der Waals surface area contributed by atoms with Crippen LogP contribution >= 0.6 is 11.6 Å². The maximum absolute atomic E-state index is 6.06. The first kappa shape index (κ1) is 12.0. The first-order chi connectivity index (χ1) is 8.27. The Labute approximate surface area is 107 Å². The Morgan fingerprint density at radius 1 is 1.06 bits per heavy atom. The van der Waals surface area contributed by atoms with Crippen molar-refractivity contribution >= 4 is 11.6 Å². The molecule has 0 bridgehead atoms. The number of hydrogen-bond acceptors (Lipinski definition) is 1. The highest BCUT2D eigenvalue weighted by Crippen LogP contribution is 2.32. The molecule has 0 saturated heterocycles. The molecule has 0 radical (unpaired) electrons. The monoisotopic (exact) mass is 246 g/mol. The summed E-state index contributed by atoms with van der Waals surface area (Å²) in [5.41, 5.74) is 4.62. The zero-order valence-electron chi connectivity index (χ0n) is 10.0. The molecule has 0 unspecified atom stereocenters. The third kappa shape index (κ3) is 2.29. The van der Waals surface area contributed by atoms with Crippen LogP contribution in [0.1, 0.15) is 11.1 Å². The predicted molar refractivity (Wildman–Crippen MR) is 72.7 cm³/mol. The Hall–Kier alpha value is -1.47. The molecule has 2 aromatic rings. The molecule has 88 valence electrons. The van der Waals surface area contributed by atoms with Crippen LogP contribution in [0.4, 0.5) is 0 Å². The fourth-order valence-corrected chi connectivity index (χ4v) is 2.36. The normalized spacial score (nSPS) is 10.3. The van der Waals surface area contributed by atoms with E-state index in [1.807, 2.05) is 31.2 Å². The lowest BCUT2D eigenvalue weighted by Gasteiger charge is -2.14. The van der Waals surface area contributed by atoms with Crippen LogP contribution < -0.4 is 4.74 Å². The van der Waals surface area contributed by atoms with E-state index in [-0.39, 0.29) is 0 Å². The summed E-state index contributed by atoms with van der Waals surface area (Å²) in [6.07, 6.45) is 0. The van der Waals surface area contributed by atoms with Crippen molar-refractivity contribution < 1.29 is 4.74 Å². The molecule has 0 N–H and O–H groups in total. The summed E-state index contributed by atoms with van der Waals surface area (Å²) in [6, 6.07) is 14.3. The molecule has 17 heavy (non-hydrogen) atoms. The Balaban J connectivity index is 2.59. The molecular weight excluding hydrogens is 232 g/mol. The van der Waals surface area contributed by atoms with E-state index in [4.69, 9.17) is 16.3 Å². The predicted octanol–water partition coefficient (Wildman–Crippen LogP) is 4.41. The molecule has 0 spiro atoms. The summed E-state index contributed by atoms with van der Waals surface area (Å²) < 4.78 is 5.32. The summed E-state index contributed by atoms with van der Waals surface area (Å²) in [4.78, 5) is 0. The maximum atomic E-state index is 6.06. The second kappa shape index (κ2) is 5.24. The second-order valence-electron chi connectivity index (χ2n) is 3.92. The molecule has 0 fully saturated rings. The van der Waals surface area contributed by atoms with E-state index in [0.717, 1.165) is 16.9 Å². The average molecular weight is 247 g/mol. The minimum Gasteiger partial charge on any atom is -0.496 e. The van der Waals surface area contributed by atoms with Crippen LogP contribution in [0, 0.1) is 6.92 Å². The van der Waals surface area contributed by atoms with E-state index in [0.29, 0.717) is 5.88 Å². The molecule has 0 aromatic heterocycles. The third-order valence-electron chi connectivity index (χ3n) is 2.99. The molecular formula is C15H15ClO. The Kier molecular flexibility index (Phi) is 3.70. The Morgan fingerprint density at radius 3 is 2.35 bits per heavy atom. The number of hydrogen-bond donors (Lipinski definition) is 0. The van der Waals surface area contributed by atoms with Gasteiger partial charge in [0.1, 0.15) is 5.75 Å². The molecule has 2 heteroatoms. The van der Waals surface area contributed by atoms with Gasteiger partial charge in [-0.05, 0) is 35.2 Å². The lowest BCUT2D eigenvalue weighted by atomic mass is 9.96. The summed E-state index contributed by atoms with van der Waals surface area (Å²) in [5.74, 6) is 1.38. The lowest BCUT2D eigenvalue weighted by molar-refractivity contribution is 0.411. The molecule has 2 rings (SSSR count). The molecule has 0 amide bonds. The standard InChI is InChI=1S/C15H15ClO/c1-11-14(10-16)13(8-9-15(11)17-2)12-6-4-3-5-7-12/h3-9H,10H2,1-2H3. The van der Waals surface area contributed by atoms with Gasteiger partial charge in [0.15, 0.2) is 0 Å². The van der Waals surface area contributed by atoms with Crippen molar-refractivity contribution in [1.82, 2.24) is 0 Å². The highest BCUT2D eigenvalue weighted by atomic mass is 35.5. The van der Waals surface area contributed by atoms with Crippen molar-refractivity contribution in [1.29, 1.82) is 0 Å². The number of benzene rings is 2. The quantitative estimate of drug-likeness (QED) is 0.729. The van der Waals surface area contributed by atoms with Gasteiger partial charge in [-0.3, -0.25) is 0 Å². The van der Waals surface area contributed by atoms with E-state index in [1.54, 1.807) is 7.11 Å². The highest BCUT2D eigenvalue weighted by molar-refractivity contribution is 6.17. The van der Waals surface area contributed by atoms with Crippen LogP contribution in [0.5, 0.6) is 5.75 Å². The van der Waals surface area contributed by atoms with Crippen molar-refractivity contribution in [2.45, 2.75) is 12.8 Å². The number of halogens is 1. The summed E-state index contributed by atoms with van der Waals surface area (Å²) in [6.45, 7) is 2.04. The van der Waals surface area contributed by atoms with Gasteiger partial charge in [0.05, 0.1) is 7.11 Å². The van der Waals surface area contributed by atoms with E-state index in [9.17, 15) is 0 Å². The van der Waals surface area contributed by atoms with Crippen LogP contribution in [0.25, 0.3) is 11.1 Å². The van der Waals surface area contributed by atoms with Gasteiger partial charge in [-0.15, -0.1) is 11.6 Å². The second-order valence-corrected chi connectivity index (χ2v) is 4.19. The first-order valence-electron chi connectivity index (χ1n) is 5.55. The molecule has 0 saturated carbocycles. The fraction of sp³-hybridized carbons (Fsp3) is 0.200. The lowest BCUT2D eigenvalue weighted by Crippen LogP contribution is -1.95. The van der Waals surface area contributed by atoms with Crippen LogP contribution in [0.2, 0.25) is 0 Å².